The predicted octanol–water partition coefficient (Wildman–Crippen LogP) is 4.07. The molecule has 0 unspecified atom stereocenters. The maximum Gasteiger partial charge on any atom is 0.209 e. The Labute approximate surface area is 190 Å². The van der Waals surface area contributed by atoms with Crippen LogP contribution in [-0.2, 0) is 21.7 Å². The zero-order chi connectivity index (χ0) is 21.0. The molecule has 3 rings (SSSR count). The Morgan fingerprint density at radius 3 is 2.59 bits per heavy atom. The van der Waals surface area contributed by atoms with E-state index in [0.717, 1.165) is 22.4 Å². The van der Waals surface area contributed by atoms with Gasteiger partial charge in [-0.1, -0.05) is 52.4 Å². The Morgan fingerprint density at radius 1 is 1.24 bits per heavy atom. The number of halogens is 2. The van der Waals surface area contributed by atoms with Gasteiger partial charge >= 0.3 is 0 Å². The molecule has 1 heterocycles. The lowest BCUT2D eigenvalue weighted by Gasteiger charge is -2.45. The van der Waals surface area contributed by atoms with Gasteiger partial charge in [-0.2, -0.15) is 0 Å². The Hall–Kier alpha value is -0.900. The number of alkyl halides is 1. The van der Waals surface area contributed by atoms with Crippen molar-refractivity contribution in [2.24, 2.45) is 0 Å². The van der Waals surface area contributed by atoms with Gasteiger partial charge in [-0.05, 0) is 48.7 Å². The first-order valence-corrected chi connectivity index (χ1v) is 11.2. The van der Waals surface area contributed by atoms with Crippen LogP contribution in [0.2, 0.25) is 5.02 Å². The quantitative estimate of drug-likeness (QED) is 0.416. The summed E-state index contributed by atoms with van der Waals surface area (Å²) in [6.07, 6.45) is -0.161. The van der Waals surface area contributed by atoms with Gasteiger partial charge in [-0.15, -0.1) is 0 Å². The molecule has 1 fully saturated rings. The lowest BCUT2D eigenvalue weighted by Crippen LogP contribution is -2.54. The highest BCUT2D eigenvalue weighted by Crippen LogP contribution is 2.44. The summed E-state index contributed by atoms with van der Waals surface area (Å²) < 4.78 is 17.1. The second kappa shape index (κ2) is 9.94. The smallest absolute Gasteiger partial charge is 0.209 e. The van der Waals surface area contributed by atoms with Crippen molar-refractivity contribution in [1.29, 1.82) is 0 Å². The number of aliphatic hydroxyl groups excluding tert-OH is 2. The maximum absolute atomic E-state index is 10.5. The van der Waals surface area contributed by atoms with Crippen LogP contribution in [0.25, 0.3) is 0 Å². The van der Waals surface area contributed by atoms with Crippen molar-refractivity contribution in [1.82, 2.24) is 0 Å². The molecule has 7 heteroatoms. The minimum absolute atomic E-state index is 0.182. The van der Waals surface area contributed by atoms with E-state index in [2.05, 4.69) is 22.6 Å². The third kappa shape index (κ3) is 4.89. The number of aliphatic hydroxyl groups is 2. The zero-order valence-electron chi connectivity index (χ0n) is 16.5. The molecule has 0 aromatic heterocycles. The molecule has 0 amide bonds. The molecule has 0 radical (unpaired) electrons. The van der Waals surface area contributed by atoms with Gasteiger partial charge in [0.2, 0.25) is 5.79 Å². The standard InChI is InChI=1S/C22H26ClIO5/c1-3-28-17-7-4-14(5-8-17)10-15-11-16(6-9-19(15)23)22(27-2)21(24)20(26)12-18(13-25)29-22/h4-9,11,18,20-21,25-26H,3,10,12-13H2,1-2H3/t18-,20-,21+,22-/m0/s1. The fourth-order valence-electron chi connectivity index (χ4n) is 3.64. The molecular formula is C22H26ClIO5. The van der Waals surface area contributed by atoms with E-state index in [1.165, 1.54) is 0 Å². The predicted molar refractivity (Wildman–Crippen MR) is 121 cm³/mol. The van der Waals surface area contributed by atoms with Crippen molar-refractivity contribution < 1.29 is 24.4 Å². The SMILES string of the molecule is CCOc1ccc(Cc2cc([C@]3(OC)O[C@H](CO)C[C@H](O)[C@H]3I)ccc2Cl)cc1. The fourth-order valence-corrected chi connectivity index (χ4v) is 4.88. The normalized spacial score (nSPS) is 27.0. The monoisotopic (exact) mass is 532 g/mol. The van der Waals surface area contributed by atoms with Crippen LogP contribution in [0.3, 0.4) is 0 Å². The number of ether oxygens (including phenoxy) is 3. The van der Waals surface area contributed by atoms with Crippen LogP contribution < -0.4 is 4.74 Å². The number of hydrogen-bond acceptors (Lipinski definition) is 5. The maximum atomic E-state index is 10.5. The van der Waals surface area contributed by atoms with Crippen molar-refractivity contribution in [3.05, 3.63) is 64.2 Å². The largest absolute Gasteiger partial charge is 0.494 e. The van der Waals surface area contributed by atoms with E-state index in [9.17, 15) is 10.2 Å². The number of rotatable bonds is 7. The minimum Gasteiger partial charge on any atom is -0.494 e. The molecule has 4 atom stereocenters. The molecule has 1 aliphatic heterocycles. The summed E-state index contributed by atoms with van der Waals surface area (Å²) in [5, 5.41) is 20.8. The Kier molecular flexibility index (Phi) is 7.81. The summed E-state index contributed by atoms with van der Waals surface area (Å²) in [7, 11) is 1.55. The van der Waals surface area contributed by atoms with E-state index in [1.54, 1.807) is 7.11 Å². The van der Waals surface area contributed by atoms with E-state index in [0.29, 0.717) is 24.5 Å². The summed E-state index contributed by atoms with van der Waals surface area (Å²) in [5.74, 6) is -0.328. The number of benzene rings is 2. The second-order valence-corrected chi connectivity index (χ2v) is 8.81. The third-order valence-corrected chi connectivity index (χ3v) is 7.15. The number of hydrogen-bond donors (Lipinski definition) is 2. The van der Waals surface area contributed by atoms with Gasteiger partial charge in [0, 0.05) is 24.1 Å². The molecule has 2 aromatic carbocycles. The molecule has 0 aliphatic carbocycles. The molecule has 29 heavy (non-hydrogen) atoms. The average molecular weight is 533 g/mol. The molecule has 1 saturated heterocycles. The first-order chi connectivity index (χ1) is 13.9. The molecule has 1 aliphatic rings. The summed E-state index contributed by atoms with van der Waals surface area (Å²) in [6.45, 7) is 2.40. The molecule has 158 valence electrons. The topological polar surface area (TPSA) is 68.2 Å². The Bertz CT molecular complexity index is 815. The van der Waals surface area contributed by atoms with E-state index in [1.807, 2.05) is 49.4 Å². The van der Waals surface area contributed by atoms with Crippen LogP contribution in [-0.4, -0.2) is 46.7 Å². The van der Waals surface area contributed by atoms with E-state index in [-0.39, 0.29) is 10.5 Å². The lowest BCUT2D eigenvalue weighted by molar-refractivity contribution is -0.290. The average Bonchev–Trinajstić information content (AvgIpc) is 2.73. The molecule has 0 saturated carbocycles. The molecule has 5 nitrogen and oxygen atoms in total. The van der Waals surface area contributed by atoms with Gasteiger partial charge in [-0.3, -0.25) is 0 Å². The summed E-state index contributed by atoms with van der Waals surface area (Å²) in [6, 6.07) is 13.6. The van der Waals surface area contributed by atoms with Crippen LogP contribution in [0, 0.1) is 0 Å². The van der Waals surface area contributed by atoms with Crippen LogP contribution in [0.5, 0.6) is 5.75 Å². The van der Waals surface area contributed by atoms with E-state index in [4.69, 9.17) is 25.8 Å². The lowest BCUT2D eigenvalue weighted by atomic mass is 9.90. The molecule has 2 N–H and O–H groups in total. The molecule has 0 bridgehead atoms. The molecule has 2 aromatic rings. The summed E-state index contributed by atoms with van der Waals surface area (Å²) >= 11 is 8.63. The van der Waals surface area contributed by atoms with Gasteiger partial charge in [0.1, 0.15) is 5.75 Å². The zero-order valence-corrected chi connectivity index (χ0v) is 19.4. The van der Waals surface area contributed by atoms with Crippen LogP contribution in [0.15, 0.2) is 42.5 Å². The fraction of sp³-hybridized carbons (Fsp3) is 0.455. The van der Waals surface area contributed by atoms with Crippen molar-refractivity contribution in [3.8, 4) is 5.75 Å². The van der Waals surface area contributed by atoms with Gasteiger partial charge in [0.05, 0.1) is 29.3 Å². The van der Waals surface area contributed by atoms with Gasteiger partial charge in [-0.25, -0.2) is 0 Å². The minimum atomic E-state index is -1.16. The van der Waals surface area contributed by atoms with Crippen LogP contribution >= 0.6 is 34.2 Å². The van der Waals surface area contributed by atoms with Crippen molar-refractivity contribution in [2.75, 3.05) is 20.3 Å². The van der Waals surface area contributed by atoms with Crippen LogP contribution in [0.1, 0.15) is 30.0 Å². The van der Waals surface area contributed by atoms with Gasteiger partial charge in [0.15, 0.2) is 0 Å². The molecule has 0 spiro atoms. The van der Waals surface area contributed by atoms with Gasteiger partial charge < -0.3 is 24.4 Å². The highest BCUT2D eigenvalue weighted by molar-refractivity contribution is 14.1. The summed E-state index contributed by atoms with van der Waals surface area (Å²) in [5.41, 5.74) is 2.79. The third-order valence-electron chi connectivity index (χ3n) is 5.13. The molecular weight excluding hydrogens is 507 g/mol. The second-order valence-electron chi connectivity index (χ2n) is 7.06. The Morgan fingerprint density at radius 2 is 1.97 bits per heavy atom. The van der Waals surface area contributed by atoms with E-state index >= 15 is 0 Å². The highest BCUT2D eigenvalue weighted by atomic mass is 127. The first-order valence-electron chi connectivity index (χ1n) is 9.60. The van der Waals surface area contributed by atoms with Crippen molar-refractivity contribution in [3.63, 3.8) is 0 Å². The van der Waals surface area contributed by atoms with Gasteiger partial charge in [0.25, 0.3) is 0 Å². The van der Waals surface area contributed by atoms with E-state index < -0.39 is 18.0 Å². The van der Waals surface area contributed by atoms with Crippen molar-refractivity contribution >= 4 is 34.2 Å². The summed E-state index contributed by atoms with van der Waals surface area (Å²) in [4.78, 5) is 0. The van der Waals surface area contributed by atoms with Crippen molar-refractivity contribution in [2.45, 2.75) is 41.7 Å². The highest BCUT2D eigenvalue weighted by Gasteiger charge is 2.50. The number of methoxy groups -OCH3 is 1. The first kappa shape index (κ1) is 22.8. The van der Waals surface area contributed by atoms with Crippen LogP contribution in [0.4, 0.5) is 0 Å². The Balaban J connectivity index is 1.92.